The molecule has 4 saturated carbocycles. The van der Waals surface area contributed by atoms with Crippen LogP contribution in [-0.2, 0) is 4.79 Å². The van der Waals surface area contributed by atoms with Crippen molar-refractivity contribution in [3.63, 3.8) is 0 Å². The average Bonchev–Trinajstić information content (AvgIpc) is 2.99. The third kappa shape index (κ3) is 2.41. The van der Waals surface area contributed by atoms with Gasteiger partial charge in [-0.25, -0.2) is 4.79 Å². The van der Waals surface area contributed by atoms with Crippen molar-refractivity contribution >= 4 is 6.29 Å². The van der Waals surface area contributed by atoms with Crippen molar-refractivity contribution in [2.75, 3.05) is 0 Å². The van der Waals surface area contributed by atoms with Gasteiger partial charge < -0.3 is 24.5 Å². The van der Waals surface area contributed by atoms with Crippen molar-refractivity contribution in [1.29, 1.82) is 0 Å². The third-order valence-corrected chi connectivity index (χ3v) is 9.84. The summed E-state index contributed by atoms with van der Waals surface area (Å²) in [6, 6.07) is 3.26. The maximum atomic E-state index is 12.5. The molecule has 6 heteroatoms. The van der Waals surface area contributed by atoms with Crippen LogP contribution < -0.4 is 5.63 Å². The second kappa shape index (κ2) is 6.50. The molecule has 0 radical (unpaired) electrons. The predicted molar refractivity (Wildman–Crippen MR) is 109 cm³/mol. The van der Waals surface area contributed by atoms with Crippen molar-refractivity contribution in [2.45, 2.75) is 87.9 Å². The van der Waals surface area contributed by atoms with Gasteiger partial charge in [-0.1, -0.05) is 6.92 Å². The molecule has 164 valence electrons. The lowest BCUT2D eigenvalue weighted by molar-refractivity contribution is -0.247. The molecule has 0 bridgehead atoms. The number of rotatable bonds is 2. The highest BCUT2D eigenvalue weighted by atomic mass is 16.4. The summed E-state index contributed by atoms with van der Waals surface area (Å²) >= 11 is 0. The molecule has 0 aromatic carbocycles. The number of hydrogen-bond acceptors (Lipinski definition) is 6. The van der Waals surface area contributed by atoms with Crippen LogP contribution in [0.2, 0.25) is 0 Å². The molecule has 0 saturated heterocycles. The fraction of sp³-hybridized carbons (Fsp3) is 0.750. The predicted octanol–water partition coefficient (Wildman–Crippen LogP) is 2.54. The average molecular weight is 417 g/mol. The molecule has 4 fully saturated rings. The van der Waals surface area contributed by atoms with Gasteiger partial charge in [0.25, 0.3) is 0 Å². The summed E-state index contributed by atoms with van der Waals surface area (Å²) in [5.41, 5.74) is -2.79. The Kier molecular flexibility index (Phi) is 4.42. The Morgan fingerprint density at radius 1 is 1.03 bits per heavy atom. The Hall–Kier alpha value is -1.50. The van der Waals surface area contributed by atoms with Gasteiger partial charge in [0.1, 0.15) is 6.29 Å². The lowest BCUT2D eigenvalue weighted by Gasteiger charge is -2.65. The van der Waals surface area contributed by atoms with Gasteiger partial charge in [-0.15, -0.1) is 0 Å². The largest absolute Gasteiger partial charge is 0.431 e. The molecule has 0 aliphatic heterocycles. The van der Waals surface area contributed by atoms with E-state index in [-0.39, 0.29) is 35.2 Å². The number of aliphatic hydroxyl groups excluding tert-OH is 1. The van der Waals surface area contributed by atoms with Gasteiger partial charge in [-0.05, 0) is 80.8 Å². The summed E-state index contributed by atoms with van der Waals surface area (Å²) in [7, 11) is 0. The van der Waals surface area contributed by atoms with E-state index in [2.05, 4.69) is 6.92 Å². The summed E-state index contributed by atoms with van der Waals surface area (Å²) in [5.74, 6) is -0.0431. The molecule has 1 aromatic rings. The van der Waals surface area contributed by atoms with E-state index < -0.39 is 22.7 Å². The van der Waals surface area contributed by atoms with Crippen LogP contribution in [0.4, 0.5) is 0 Å². The summed E-state index contributed by atoms with van der Waals surface area (Å²) < 4.78 is 5.12. The van der Waals surface area contributed by atoms with E-state index in [0.717, 1.165) is 31.1 Å². The van der Waals surface area contributed by atoms with Crippen LogP contribution in [0.25, 0.3) is 0 Å². The molecular weight excluding hydrogens is 384 g/mol. The Morgan fingerprint density at radius 2 is 1.80 bits per heavy atom. The summed E-state index contributed by atoms with van der Waals surface area (Å²) in [6.07, 6.45) is 7.24. The first kappa shape index (κ1) is 20.4. The van der Waals surface area contributed by atoms with Gasteiger partial charge in [0.15, 0.2) is 0 Å². The lowest BCUT2D eigenvalue weighted by Crippen LogP contribution is -2.68. The minimum Gasteiger partial charge on any atom is -0.431 e. The standard InChI is InChI=1S/C24H32O6/c1-21-8-5-18-19(6-10-23(28)12-16(26)4-9-22(18,23)14-25)24(21,29)11-7-17(21)15-2-3-20(27)30-13-15/h2-3,13-14,16-19,26,28-29H,4-12H2,1H3. The highest BCUT2D eigenvalue weighted by molar-refractivity contribution is 5.64. The number of fused-ring (bicyclic) bond motifs is 5. The van der Waals surface area contributed by atoms with Gasteiger partial charge in [0.2, 0.25) is 0 Å². The van der Waals surface area contributed by atoms with E-state index in [0.29, 0.717) is 32.1 Å². The zero-order valence-electron chi connectivity index (χ0n) is 17.5. The van der Waals surface area contributed by atoms with Crippen LogP contribution in [-0.4, -0.2) is 38.9 Å². The Morgan fingerprint density at radius 3 is 2.50 bits per heavy atom. The van der Waals surface area contributed by atoms with Crippen LogP contribution >= 0.6 is 0 Å². The van der Waals surface area contributed by atoms with E-state index in [9.17, 15) is 24.9 Å². The second-order valence-corrected chi connectivity index (χ2v) is 10.7. The maximum Gasteiger partial charge on any atom is 0.335 e. The molecule has 30 heavy (non-hydrogen) atoms. The first-order chi connectivity index (χ1) is 14.2. The van der Waals surface area contributed by atoms with Crippen LogP contribution in [0.15, 0.2) is 27.6 Å². The van der Waals surface area contributed by atoms with Crippen LogP contribution in [0.5, 0.6) is 0 Å². The Bertz CT molecular complexity index is 891. The fourth-order valence-electron chi connectivity index (χ4n) is 8.25. The summed E-state index contributed by atoms with van der Waals surface area (Å²) in [6.45, 7) is 2.14. The van der Waals surface area contributed by atoms with Gasteiger partial charge in [-0.2, -0.15) is 0 Å². The van der Waals surface area contributed by atoms with Gasteiger partial charge >= 0.3 is 5.63 Å². The van der Waals surface area contributed by atoms with E-state index in [4.69, 9.17) is 4.42 Å². The van der Waals surface area contributed by atoms with Crippen molar-refractivity contribution in [3.05, 3.63) is 34.4 Å². The Balaban J connectivity index is 1.53. The first-order valence-corrected chi connectivity index (χ1v) is 11.4. The topological polar surface area (TPSA) is 108 Å². The zero-order valence-corrected chi connectivity index (χ0v) is 17.5. The molecule has 1 heterocycles. The minimum atomic E-state index is -1.18. The molecule has 5 rings (SSSR count). The monoisotopic (exact) mass is 416 g/mol. The molecule has 4 aliphatic carbocycles. The fourth-order valence-corrected chi connectivity index (χ4v) is 8.25. The normalized spacial score (nSPS) is 50.3. The molecule has 3 N–H and O–H groups in total. The van der Waals surface area contributed by atoms with Crippen molar-refractivity contribution in [1.82, 2.24) is 0 Å². The molecule has 0 spiro atoms. The van der Waals surface area contributed by atoms with Crippen molar-refractivity contribution in [3.8, 4) is 0 Å². The number of aldehydes is 1. The van der Waals surface area contributed by atoms with Crippen molar-refractivity contribution in [2.24, 2.45) is 22.7 Å². The molecule has 6 nitrogen and oxygen atoms in total. The summed E-state index contributed by atoms with van der Waals surface area (Å²) in [4.78, 5) is 23.9. The van der Waals surface area contributed by atoms with E-state index in [1.165, 1.54) is 12.3 Å². The van der Waals surface area contributed by atoms with Crippen LogP contribution in [0.1, 0.15) is 76.2 Å². The SMILES string of the molecule is CC12CCC3C(CCC4(O)CC(O)CCC34C=O)C1(O)CCC2c1ccc(=O)oc1. The van der Waals surface area contributed by atoms with E-state index in [1.807, 2.05) is 6.07 Å². The second-order valence-electron chi connectivity index (χ2n) is 10.7. The van der Waals surface area contributed by atoms with E-state index >= 15 is 0 Å². The highest BCUT2D eigenvalue weighted by Crippen LogP contribution is 2.70. The van der Waals surface area contributed by atoms with Crippen LogP contribution in [0.3, 0.4) is 0 Å². The number of carbonyl (C=O) groups excluding carboxylic acids is 1. The molecule has 4 aliphatic rings. The molecule has 8 unspecified atom stereocenters. The van der Waals surface area contributed by atoms with E-state index in [1.54, 1.807) is 0 Å². The van der Waals surface area contributed by atoms with Crippen molar-refractivity contribution < 1.29 is 24.5 Å². The zero-order chi connectivity index (χ0) is 21.4. The number of carbonyl (C=O) groups is 1. The minimum absolute atomic E-state index is 0.0577. The van der Waals surface area contributed by atoms with Crippen LogP contribution in [0, 0.1) is 22.7 Å². The first-order valence-electron chi connectivity index (χ1n) is 11.4. The molecule has 1 aromatic heterocycles. The highest BCUT2D eigenvalue weighted by Gasteiger charge is 2.71. The third-order valence-electron chi connectivity index (χ3n) is 9.84. The molecular formula is C24H32O6. The quantitative estimate of drug-likeness (QED) is 0.640. The summed E-state index contributed by atoms with van der Waals surface area (Å²) in [5, 5.41) is 33.8. The smallest absolute Gasteiger partial charge is 0.335 e. The number of hydrogen-bond donors (Lipinski definition) is 3. The van der Waals surface area contributed by atoms with Gasteiger partial charge in [0, 0.05) is 17.9 Å². The molecule has 0 amide bonds. The van der Waals surface area contributed by atoms with Gasteiger partial charge in [0.05, 0.1) is 29.0 Å². The van der Waals surface area contributed by atoms with Gasteiger partial charge in [-0.3, -0.25) is 0 Å². The Labute approximate surface area is 176 Å². The number of aliphatic hydroxyl groups is 3. The maximum absolute atomic E-state index is 12.5. The lowest BCUT2D eigenvalue weighted by atomic mass is 9.41. The molecule has 8 atom stereocenters.